The van der Waals surface area contributed by atoms with Crippen molar-refractivity contribution in [2.24, 2.45) is 5.41 Å². The summed E-state index contributed by atoms with van der Waals surface area (Å²) in [5.41, 5.74) is 2.45. The van der Waals surface area contributed by atoms with Crippen LogP contribution in [0.2, 0.25) is 0 Å². The van der Waals surface area contributed by atoms with Crippen LogP contribution in [0.25, 0.3) is 0 Å². The van der Waals surface area contributed by atoms with E-state index in [4.69, 9.17) is 4.74 Å². The summed E-state index contributed by atoms with van der Waals surface area (Å²) in [7, 11) is 1.72. The maximum absolute atomic E-state index is 9.81. The highest BCUT2D eigenvalue weighted by atomic mass is 16.5. The first kappa shape index (κ1) is 13.4. The molecule has 18 heavy (non-hydrogen) atoms. The van der Waals surface area contributed by atoms with Gasteiger partial charge in [0.2, 0.25) is 0 Å². The maximum atomic E-state index is 9.81. The van der Waals surface area contributed by atoms with Crippen molar-refractivity contribution >= 4 is 0 Å². The molecule has 0 saturated heterocycles. The van der Waals surface area contributed by atoms with E-state index in [-0.39, 0.29) is 17.4 Å². The summed E-state index contributed by atoms with van der Waals surface area (Å²) in [6, 6.07) is 6.35. The van der Waals surface area contributed by atoms with E-state index < -0.39 is 0 Å². The lowest BCUT2D eigenvalue weighted by Gasteiger charge is -2.41. The van der Waals surface area contributed by atoms with E-state index in [0.717, 1.165) is 18.6 Å². The van der Waals surface area contributed by atoms with Gasteiger partial charge < -0.3 is 9.84 Å². The van der Waals surface area contributed by atoms with Gasteiger partial charge in [-0.3, -0.25) is 0 Å². The molecule has 0 unspecified atom stereocenters. The molecule has 1 aromatic rings. The molecular formula is C16H24O2. The number of methoxy groups -OCH3 is 1. The molecule has 2 rings (SSSR count). The standard InChI is InChI=1S/C16H24O2/c1-12-6-7-14(18-4)13(10-12)16(3)9-5-8-15(16,2)11-17/h6-7,10,17H,5,8-9,11H2,1-4H3/t15-,16+/m0/s1. The van der Waals surface area contributed by atoms with Gasteiger partial charge in [0.1, 0.15) is 5.75 Å². The van der Waals surface area contributed by atoms with Crippen LogP contribution in [0, 0.1) is 12.3 Å². The Kier molecular flexibility index (Phi) is 3.41. The van der Waals surface area contributed by atoms with Gasteiger partial charge in [0.15, 0.2) is 0 Å². The molecule has 0 aliphatic heterocycles. The van der Waals surface area contributed by atoms with Gasteiger partial charge in [-0.15, -0.1) is 0 Å². The second kappa shape index (κ2) is 4.58. The minimum Gasteiger partial charge on any atom is -0.496 e. The molecule has 1 aliphatic carbocycles. The maximum Gasteiger partial charge on any atom is 0.122 e. The van der Waals surface area contributed by atoms with Crippen molar-refractivity contribution in [3.8, 4) is 5.75 Å². The van der Waals surface area contributed by atoms with E-state index in [1.54, 1.807) is 7.11 Å². The first-order valence-electron chi connectivity index (χ1n) is 6.73. The second-order valence-corrected chi connectivity index (χ2v) is 6.11. The van der Waals surface area contributed by atoms with Crippen LogP contribution in [0.4, 0.5) is 0 Å². The van der Waals surface area contributed by atoms with Crippen molar-refractivity contribution in [1.29, 1.82) is 0 Å². The monoisotopic (exact) mass is 248 g/mol. The Hall–Kier alpha value is -1.02. The van der Waals surface area contributed by atoms with Gasteiger partial charge in [-0.05, 0) is 25.8 Å². The summed E-state index contributed by atoms with van der Waals surface area (Å²) in [6.07, 6.45) is 3.37. The van der Waals surface area contributed by atoms with E-state index in [9.17, 15) is 5.11 Å². The molecule has 1 saturated carbocycles. The lowest BCUT2D eigenvalue weighted by Crippen LogP contribution is -2.39. The summed E-state index contributed by atoms with van der Waals surface area (Å²) in [6.45, 7) is 6.81. The van der Waals surface area contributed by atoms with E-state index in [1.807, 2.05) is 6.07 Å². The van der Waals surface area contributed by atoms with Crippen molar-refractivity contribution in [3.63, 3.8) is 0 Å². The van der Waals surface area contributed by atoms with Crippen LogP contribution in [-0.2, 0) is 5.41 Å². The molecule has 1 aliphatic rings. The Balaban J connectivity index is 2.56. The summed E-state index contributed by atoms with van der Waals surface area (Å²) >= 11 is 0. The Morgan fingerprint density at radius 1 is 1.28 bits per heavy atom. The summed E-state index contributed by atoms with van der Waals surface area (Å²) in [5.74, 6) is 0.949. The van der Waals surface area contributed by atoms with Crippen LogP contribution in [0.5, 0.6) is 5.75 Å². The molecule has 2 nitrogen and oxygen atoms in total. The third kappa shape index (κ3) is 1.83. The first-order chi connectivity index (χ1) is 8.47. The molecule has 0 aromatic heterocycles. The third-order valence-electron chi connectivity index (χ3n) is 5.04. The molecule has 1 fully saturated rings. The third-order valence-corrected chi connectivity index (χ3v) is 5.04. The number of aliphatic hydroxyl groups excluding tert-OH is 1. The van der Waals surface area contributed by atoms with Crippen LogP contribution in [0.1, 0.15) is 44.2 Å². The quantitative estimate of drug-likeness (QED) is 0.888. The molecule has 0 radical (unpaired) electrons. The van der Waals surface area contributed by atoms with E-state index >= 15 is 0 Å². The number of hydrogen-bond donors (Lipinski definition) is 1. The smallest absolute Gasteiger partial charge is 0.122 e. The molecule has 100 valence electrons. The van der Waals surface area contributed by atoms with Gasteiger partial charge in [-0.25, -0.2) is 0 Å². The fourth-order valence-corrected chi connectivity index (χ4v) is 3.38. The Morgan fingerprint density at radius 3 is 2.61 bits per heavy atom. The predicted octanol–water partition coefficient (Wildman–Crippen LogP) is 3.44. The lowest BCUT2D eigenvalue weighted by molar-refractivity contribution is 0.0847. The Bertz CT molecular complexity index is 441. The first-order valence-corrected chi connectivity index (χ1v) is 6.73. The molecule has 2 heteroatoms. The van der Waals surface area contributed by atoms with Crippen LogP contribution in [-0.4, -0.2) is 18.8 Å². The van der Waals surface area contributed by atoms with Gasteiger partial charge in [0, 0.05) is 23.0 Å². The normalized spacial score (nSPS) is 31.6. The second-order valence-electron chi connectivity index (χ2n) is 6.11. The highest BCUT2D eigenvalue weighted by Gasteiger charge is 2.50. The van der Waals surface area contributed by atoms with E-state index in [1.165, 1.54) is 17.5 Å². The number of benzene rings is 1. The van der Waals surface area contributed by atoms with Crippen LogP contribution < -0.4 is 4.74 Å². The van der Waals surface area contributed by atoms with Gasteiger partial charge in [0.25, 0.3) is 0 Å². The molecule has 2 atom stereocenters. The number of aryl methyl sites for hydroxylation is 1. The summed E-state index contributed by atoms with van der Waals surface area (Å²) in [5, 5.41) is 9.81. The zero-order valence-corrected chi connectivity index (χ0v) is 11.9. The van der Waals surface area contributed by atoms with Crippen molar-refractivity contribution < 1.29 is 9.84 Å². The summed E-state index contributed by atoms with van der Waals surface area (Å²) < 4.78 is 5.53. The average molecular weight is 248 g/mol. The van der Waals surface area contributed by atoms with Crippen LogP contribution in [0.3, 0.4) is 0 Å². The molecule has 0 heterocycles. The highest BCUT2D eigenvalue weighted by Crippen LogP contribution is 2.55. The van der Waals surface area contributed by atoms with Crippen LogP contribution >= 0.6 is 0 Å². The minimum atomic E-state index is -0.0475. The van der Waals surface area contributed by atoms with E-state index in [2.05, 4.69) is 32.9 Å². The van der Waals surface area contributed by atoms with Crippen molar-refractivity contribution in [2.75, 3.05) is 13.7 Å². The van der Waals surface area contributed by atoms with Crippen LogP contribution in [0.15, 0.2) is 18.2 Å². The Morgan fingerprint density at radius 2 is 2.00 bits per heavy atom. The topological polar surface area (TPSA) is 29.5 Å². The number of ether oxygens (including phenoxy) is 1. The fourth-order valence-electron chi connectivity index (χ4n) is 3.38. The van der Waals surface area contributed by atoms with Crippen molar-refractivity contribution in [3.05, 3.63) is 29.3 Å². The zero-order chi connectivity index (χ0) is 13.4. The Labute approximate surface area is 110 Å². The van der Waals surface area contributed by atoms with Gasteiger partial charge in [-0.2, -0.15) is 0 Å². The summed E-state index contributed by atoms with van der Waals surface area (Å²) in [4.78, 5) is 0. The van der Waals surface area contributed by atoms with Gasteiger partial charge in [-0.1, -0.05) is 38.0 Å². The van der Waals surface area contributed by atoms with Gasteiger partial charge >= 0.3 is 0 Å². The molecular weight excluding hydrogens is 224 g/mol. The molecule has 1 N–H and O–H groups in total. The largest absolute Gasteiger partial charge is 0.496 e. The zero-order valence-electron chi connectivity index (χ0n) is 11.9. The minimum absolute atomic E-state index is 0.000880. The number of aliphatic hydroxyl groups is 1. The van der Waals surface area contributed by atoms with Crippen molar-refractivity contribution in [2.45, 2.75) is 45.4 Å². The number of hydrogen-bond acceptors (Lipinski definition) is 2. The predicted molar refractivity (Wildman–Crippen MR) is 74.1 cm³/mol. The lowest BCUT2D eigenvalue weighted by atomic mass is 9.64. The molecule has 0 spiro atoms. The van der Waals surface area contributed by atoms with E-state index in [0.29, 0.717) is 0 Å². The number of rotatable bonds is 3. The highest BCUT2D eigenvalue weighted by molar-refractivity contribution is 5.44. The molecule has 1 aromatic carbocycles. The SMILES string of the molecule is COc1ccc(C)cc1[C@@]1(C)CCC[C@@]1(C)CO. The van der Waals surface area contributed by atoms with Crippen molar-refractivity contribution in [1.82, 2.24) is 0 Å². The van der Waals surface area contributed by atoms with Gasteiger partial charge in [0.05, 0.1) is 7.11 Å². The fraction of sp³-hybridized carbons (Fsp3) is 0.625. The average Bonchev–Trinajstić information content (AvgIpc) is 2.67. The molecule has 0 amide bonds. The molecule has 0 bridgehead atoms.